The second kappa shape index (κ2) is 7.74. The molecule has 0 spiro atoms. The van der Waals surface area contributed by atoms with Crippen LogP contribution in [0.15, 0.2) is 0 Å². The average molecular weight is 283 g/mol. The predicted molar refractivity (Wildman–Crippen MR) is 84.2 cm³/mol. The monoisotopic (exact) mass is 283 g/mol. The van der Waals surface area contributed by atoms with Gasteiger partial charge in [0.05, 0.1) is 6.61 Å². The summed E-state index contributed by atoms with van der Waals surface area (Å²) in [7, 11) is 2.24. The maximum Gasteiger partial charge on any atom is 0.0546 e. The van der Waals surface area contributed by atoms with Crippen molar-refractivity contribution in [3.63, 3.8) is 0 Å². The Hall–Kier alpha value is -0.160. The molecule has 0 aromatic heterocycles. The Balaban J connectivity index is 1.89. The summed E-state index contributed by atoms with van der Waals surface area (Å²) in [4.78, 5) is 5.13. The summed E-state index contributed by atoms with van der Waals surface area (Å²) in [6.45, 7) is 13.5. The number of likely N-dealkylation sites (N-methyl/N-ethyl adjacent to an activating group) is 1. The van der Waals surface area contributed by atoms with Gasteiger partial charge in [-0.1, -0.05) is 6.92 Å². The van der Waals surface area contributed by atoms with Crippen LogP contribution in [-0.4, -0.2) is 75.4 Å². The maximum absolute atomic E-state index is 5.83. The normalized spacial score (nSPS) is 33.5. The molecule has 2 aliphatic rings. The third-order valence-electron chi connectivity index (χ3n) is 4.93. The van der Waals surface area contributed by atoms with Gasteiger partial charge in [-0.2, -0.15) is 0 Å². The molecule has 0 radical (unpaired) electrons. The van der Waals surface area contributed by atoms with Crippen molar-refractivity contribution < 1.29 is 4.74 Å². The molecule has 118 valence electrons. The summed E-state index contributed by atoms with van der Waals surface area (Å²) in [5.74, 6) is 0. The lowest BCUT2D eigenvalue weighted by molar-refractivity contribution is -0.0361. The second-order valence-electron chi connectivity index (χ2n) is 6.90. The van der Waals surface area contributed by atoms with Gasteiger partial charge in [0.25, 0.3) is 0 Å². The molecule has 0 aromatic carbocycles. The van der Waals surface area contributed by atoms with Crippen molar-refractivity contribution >= 4 is 0 Å². The van der Waals surface area contributed by atoms with Crippen LogP contribution in [0.25, 0.3) is 0 Å². The zero-order valence-corrected chi connectivity index (χ0v) is 13.7. The number of piperazine rings is 1. The van der Waals surface area contributed by atoms with Crippen molar-refractivity contribution in [1.29, 1.82) is 0 Å². The quantitative estimate of drug-likeness (QED) is 0.746. The van der Waals surface area contributed by atoms with E-state index in [-0.39, 0.29) is 0 Å². The number of nitrogens with zero attached hydrogens (tertiary/aromatic N) is 2. The standard InChI is InChI=1S/C16H33N3O/c1-4-7-17-12-16(6-5-10-20-14-16)13-19-9-8-18(3)15(2)11-19/h15,17H,4-14H2,1-3H3. The summed E-state index contributed by atoms with van der Waals surface area (Å²) >= 11 is 0. The Morgan fingerprint density at radius 1 is 1.35 bits per heavy atom. The summed E-state index contributed by atoms with van der Waals surface area (Å²) < 4.78 is 5.83. The molecule has 2 fully saturated rings. The molecule has 2 atom stereocenters. The van der Waals surface area contributed by atoms with E-state index in [1.54, 1.807) is 0 Å². The molecule has 4 heteroatoms. The number of ether oxygens (including phenoxy) is 1. The first-order chi connectivity index (χ1) is 9.65. The molecule has 0 aromatic rings. The number of rotatable bonds is 6. The Labute approximate surface area is 124 Å². The molecule has 20 heavy (non-hydrogen) atoms. The van der Waals surface area contributed by atoms with Crippen molar-refractivity contribution in [1.82, 2.24) is 15.1 Å². The molecule has 2 unspecified atom stereocenters. The third-order valence-corrected chi connectivity index (χ3v) is 4.93. The van der Waals surface area contributed by atoms with Gasteiger partial charge in [0.2, 0.25) is 0 Å². The van der Waals surface area contributed by atoms with Gasteiger partial charge in [-0.05, 0) is 39.8 Å². The first-order valence-corrected chi connectivity index (χ1v) is 8.36. The third kappa shape index (κ3) is 4.42. The maximum atomic E-state index is 5.83. The highest BCUT2D eigenvalue weighted by molar-refractivity contribution is 4.89. The molecule has 2 rings (SSSR count). The lowest BCUT2D eigenvalue weighted by Gasteiger charge is -2.45. The van der Waals surface area contributed by atoms with E-state index in [1.165, 1.54) is 45.4 Å². The predicted octanol–water partition coefficient (Wildman–Crippen LogP) is 1.42. The zero-order valence-electron chi connectivity index (χ0n) is 13.7. The second-order valence-corrected chi connectivity index (χ2v) is 6.90. The molecule has 0 aliphatic carbocycles. The molecular weight excluding hydrogens is 250 g/mol. The molecule has 2 saturated heterocycles. The van der Waals surface area contributed by atoms with Crippen LogP contribution in [0.3, 0.4) is 0 Å². The lowest BCUT2D eigenvalue weighted by atomic mass is 9.81. The summed E-state index contributed by atoms with van der Waals surface area (Å²) in [5, 5.41) is 3.64. The smallest absolute Gasteiger partial charge is 0.0546 e. The van der Waals surface area contributed by atoms with Gasteiger partial charge in [0.1, 0.15) is 0 Å². The minimum Gasteiger partial charge on any atom is -0.381 e. The van der Waals surface area contributed by atoms with Gasteiger partial charge in [0.15, 0.2) is 0 Å². The lowest BCUT2D eigenvalue weighted by Crippen LogP contribution is -2.56. The SMILES string of the molecule is CCCNCC1(CN2CCN(C)C(C)C2)CCCOC1. The van der Waals surface area contributed by atoms with Gasteiger partial charge in [-0.15, -0.1) is 0 Å². The van der Waals surface area contributed by atoms with Crippen molar-refractivity contribution in [3.05, 3.63) is 0 Å². The fourth-order valence-electron chi connectivity index (χ4n) is 3.50. The van der Waals surface area contributed by atoms with Crippen LogP contribution in [0, 0.1) is 5.41 Å². The van der Waals surface area contributed by atoms with Crippen LogP contribution >= 0.6 is 0 Å². The molecule has 0 saturated carbocycles. The minimum absolute atomic E-state index is 0.336. The van der Waals surface area contributed by atoms with Gasteiger partial charge < -0.3 is 15.0 Å². The van der Waals surface area contributed by atoms with Crippen molar-refractivity contribution in [2.24, 2.45) is 5.41 Å². The molecular formula is C16H33N3O. The highest BCUT2D eigenvalue weighted by atomic mass is 16.5. The van der Waals surface area contributed by atoms with E-state index in [9.17, 15) is 0 Å². The molecule has 4 nitrogen and oxygen atoms in total. The van der Waals surface area contributed by atoms with Crippen molar-refractivity contribution in [2.75, 3.05) is 59.5 Å². The first kappa shape index (κ1) is 16.2. The first-order valence-electron chi connectivity index (χ1n) is 8.36. The number of nitrogens with one attached hydrogen (secondary N) is 1. The molecule has 2 aliphatic heterocycles. The fraction of sp³-hybridized carbons (Fsp3) is 1.00. The van der Waals surface area contributed by atoms with Crippen molar-refractivity contribution in [2.45, 2.75) is 39.2 Å². The summed E-state index contributed by atoms with van der Waals surface area (Å²) in [6.07, 6.45) is 3.74. The Bertz CT molecular complexity index is 279. The molecule has 0 amide bonds. The Kier molecular flexibility index (Phi) is 6.27. The summed E-state index contributed by atoms with van der Waals surface area (Å²) in [6, 6.07) is 0.675. The Morgan fingerprint density at radius 3 is 2.85 bits per heavy atom. The van der Waals surface area contributed by atoms with E-state index in [0.717, 1.165) is 26.3 Å². The van der Waals surface area contributed by atoms with Crippen LogP contribution in [-0.2, 0) is 4.74 Å². The van der Waals surface area contributed by atoms with Crippen LogP contribution in [0.1, 0.15) is 33.1 Å². The highest BCUT2D eigenvalue weighted by Gasteiger charge is 2.35. The zero-order chi connectivity index (χ0) is 14.4. The van der Waals surface area contributed by atoms with E-state index in [1.807, 2.05) is 0 Å². The molecule has 2 heterocycles. The van der Waals surface area contributed by atoms with Gasteiger partial charge in [0, 0.05) is 50.8 Å². The van der Waals surface area contributed by atoms with E-state index in [2.05, 4.69) is 36.0 Å². The van der Waals surface area contributed by atoms with Crippen LogP contribution in [0.2, 0.25) is 0 Å². The number of hydrogen-bond acceptors (Lipinski definition) is 4. The Morgan fingerprint density at radius 2 is 2.20 bits per heavy atom. The fourth-order valence-corrected chi connectivity index (χ4v) is 3.50. The largest absolute Gasteiger partial charge is 0.381 e. The topological polar surface area (TPSA) is 27.7 Å². The van der Waals surface area contributed by atoms with Gasteiger partial charge in [-0.25, -0.2) is 0 Å². The highest BCUT2D eigenvalue weighted by Crippen LogP contribution is 2.30. The van der Waals surface area contributed by atoms with E-state index in [4.69, 9.17) is 4.74 Å². The van der Waals surface area contributed by atoms with Crippen LogP contribution in [0.4, 0.5) is 0 Å². The van der Waals surface area contributed by atoms with Gasteiger partial charge in [-0.3, -0.25) is 4.90 Å². The average Bonchev–Trinajstić information content (AvgIpc) is 2.44. The minimum atomic E-state index is 0.336. The van der Waals surface area contributed by atoms with E-state index in [0.29, 0.717) is 11.5 Å². The number of hydrogen-bond donors (Lipinski definition) is 1. The van der Waals surface area contributed by atoms with Gasteiger partial charge >= 0.3 is 0 Å². The van der Waals surface area contributed by atoms with Crippen molar-refractivity contribution in [3.8, 4) is 0 Å². The van der Waals surface area contributed by atoms with Crippen LogP contribution in [0.5, 0.6) is 0 Å². The van der Waals surface area contributed by atoms with E-state index >= 15 is 0 Å². The molecule has 0 bridgehead atoms. The molecule has 1 N–H and O–H groups in total. The van der Waals surface area contributed by atoms with E-state index < -0.39 is 0 Å². The van der Waals surface area contributed by atoms with Crippen LogP contribution < -0.4 is 5.32 Å². The summed E-state index contributed by atoms with van der Waals surface area (Å²) in [5.41, 5.74) is 0.336.